The normalized spacial score (nSPS) is 9.83. The lowest BCUT2D eigenvalue weighted by Gasteiger charge is -2.09. The molecule has 2 nitrogen and oxygen atoms in total. The second-order valence-corrected chi connectivity index (χ2v) is 4.16. The molecule has 0 aliphatic heterocycles. The number of para-hydroxylation sites is 1. The van der Waals surface area contributed by atoms with Crippen LogP contribution in [0.25, 0.3) is 0 Å². The van der Waals surface area contributed by atoms with Crippen molar-refractivity contribution >= 4 is 17.3 Å². The smallest absolute Gasteiger partial charge is 0.128 e. The van der Waals surface area contributed by atoms with Gasteiger partial charge in [-0.3, -0.25) is 0 Å². The molecule has 0 aromatic heterocycles. The van der Waals surface area contributed by atoms with Gasteiger partial charge in [0, 0.05) is 12.1 Å². The molecule has 4 heteroatoms. The van der Waals surface area contributed by atoms with Crippen LogP contribution in [0.4, 0.5) is 10.1 Å². The van der Waals surface area contributed by atoms with E-state index >= 15 is 0 Å². The van der Waals surface area contributed by atoms with Crippen LogP contribution < -0.4 is 5.32 Å². The van der Waals surface area contributed by atoms with Crippen LogP contribution in [0.15, 0.2) is 42.5 Å². The van der Waals surface area contributed by atoms with E-state index in [0.717, 1.165) is 5.69 Å². The molecular formula is C14H10ClFN2. The Bertz CT molecular complexity index is 605. The zero-order chi connectivity index (χ0) is 13.0. The molecule has 0 aliphatic rings. The molecule has 2 aromatic carbocycles. The third kappa shape index (κ3) is 2.79. The Balaban J connectivity index is 2.16. The van der Waals surface area contributed by atoms with Crippen LogP contribution in [0.1, 0.15) is 11.1 Å². The summed E-state index contributed by atoms with van der Waals surface area (Å²) in [6.07, 6.45) is 0. The fourth-order valence-corrected chi connectivity index (χ4v) is 1.78. The number of halogens is 2. The lowest BCUT2D eigenvalue weighted by atomic mass is 10.1. The van der Waals surface area contributed by atoms with Crippen LogP contribution >= 0.6 is 11.6 Å². The van der Waals surface area contributed by atoms with E-state index in [1.807, 2.05) is 24.3 Å². The van der Waals surface area contributed by atoms with E-state index in [1.54, 1.807) is 6.07 Å². The van der Waals surface area contributed by atoms with Crippen molar-refractivity contribution < 1.29 is 4.39 Å². The first-order valence-corrected chi connectivity index (χ1v) is 5.75. The van der Waals surface area contributed by atoms with Gasteiger partial charge in [0.25, 0.3) is 0 Å². The molecule has 1 N–H and O–H groups in total. The van der Waals surface area contributed by atoms with E-state index in [9.17, 15) is 4.39 Å². The van der Waals surface area contributed by atoms with Crippen molar-refractivity contribution in [1.82, 2.24) is 0 Å². The van der Waals surface area contributed by atoms with E-state index < -0.39 is 0 Å². The molecule has 18 heavy (non-hydrogen) atoms. The van der Waals surface area contributed by atoms with Gasteiger partial charge < -0.3 is 5.32 Å². The summed E-state index contributed by atoms with van der Waals surface area (Å²) in [6, 6.07) is 13.5. The molecule has 0 amide bonds. The number of nitrogens with one attached hydrogen (secondary N) is 1. The third-order valence-corrected chi connectivity index (χ3v) is 2.85. The Morgan fingerprint density at radius 1 is 1.22 bits per heavy atom. The van der Waals surface area contributed by atoms with E-state index in [4.69, 9.17) is 16.9 Å². The number of anilines is 1. The van der Waals surface area contributed by atoms with Crippen molar-refractivity contribution in [2.24, 2.45) is 0 Å². The van der Waals surface area contributed by atoms with Crippen LogP contribution in [0, 0.1) is 17.1 Å². The van der Waals surface area contributed by atoms with Gasteiger partial charge in [0.1, 0.15) is 5.82 Å². The maximum atomic E-state index is 13.5. The number of nitriles is 1. The van der Waals surface area contributed by atoms with Crippen molar-refractivity contribution in [3.63, 3.8) is 0 Å². The van der Waals surface area contributed by atoms with Crippen molar-refractivity contribution in [1.29, 1.82) is 5.26 Å². The Labute approximate surface area is 110 Å². The van der Waals surface area contributed by atoms with Crippen LogP contribution in [-0.2, 0) is 6.54 Å². The van der Waals surface area contributed by atoms with Gasteiger partial charge in [-0.25, -0.2) is 4.39 Å². The molecule has 0 bridgehead atoms. The fraction of sp³-hybridized carbons (Fsp3) is 0.0714. The minimum absolute atomic E-state index is 0.283. The highest BCUT2D eigenvalue weighted by Crippen LogP contribution is 2.21. The highest BCUT2D eigenvalue weighted by Gasteiger charge is 2.04. The summed E-state index contributed by atoms with van der Waals surface area (Å²) in [6.45, 7) is 0.283. The average Bonchev–Trinajstić information content (AvgIpc) is 2.39. The third-order valence-electron chi connectivity index (χ3n) is 2.52. The molecule has 2 aromatic rings. The minimum Gasteiger partial charge on any atom is -0.380 e. The zero-order valence-corrected chi connectivity index (χ0v) is 10.2. The maximum absolute atomic E-state index is 13.5. The Kier molecular flexibility index (Phi) is 3.81. The molecule has 0 radical (unpaired) electrons. The largest absolute Gasteiger partial charge is 0.380 e. The van der Waals surface area contributed by atoms with Crippen LogP contribution in [0.3, 0.4) is 0 Å². The molecule has 0 atom stereocenters. The Hall–Kier alpha value is -2.05. The summed E-state index contributed by atoms with van der Waals surface area (Å²) in [7, 11) is 0. The fourth-order valence-electron chi connectivity index (χ4n) is 1.57. The first kappa shape index (κ1) is 12.4. The lowest BCUT2D eigenvalue weighted by molar-refractivity contribution is 0.612. The highest BCUT2D eigenvalue weighted by atomic mass is 35.5. The van der Waals surface area contributed by atoms with Gasteiger partial charge in [0.2, 0.25) is 0 Å². The standard InChI is InChI=1S/C14H10ClFN2/c15-12-3-1-2-4-14(12)18-9-11-7-10(8-17)5-6-13(11)16/h1-7,18H,9H2. The molecule has 0 spiro atoms. The van der Waals surface area contributed by atoms with Crippen LogP contribution in [0.2, 0.25) is 5.02 Å². The monoisotopic (exact) mass is 260 g/mol. The highest BCUT2D eigenvalue weighted by molar-refractivity contribution is 6.33. The first-order chi connectivity index (χ1) is 8.70. The van der Waals surface area contributed by atoms with Gasteiger partial charge in [0.05, 0.1) is 22.3 Å². The molecule has 0 aliphatic carbocycles. The van der Waals surface area contributed by atoms with Gasteiger partial charge in [-0.05, 0) is 30.3 Å². The molecular weight excluding hydrogens is 251 g/mol. The second-order valence-electron chi connectivity index (χ2n) is 3.75. The first-order valence-electron chi connectivity index (χ1n) is 5.37. The molecule has 0 unspecified atom stereocenters. The van der Waals surface area contributed by atoms with Crippen LogP contribution in [0.5, 0.6) is 0 Å². The average molecular weight is 261 g/mol. The quantitative estimate of drug-likeness (QED) is 0.907. The molecule has 90 valence electrons. The van der Waals surface area contributed by atoms with Gasteiger partial charge in [-0.15, -0.1) is 0 Å². The van der Waals surface area contributed by atoms with E-state index in [2.05, 4.69) is 5.32 Å². The maximum Gasteiger partial charge on any atom is 0.128 e. The summed E-state index contributed by atoms with van der Waals surface area (Å²) in [5.74, 6) is -0.339. The topological polar surface area (TPSA) is 35.8 Å². The Morgan fingerprint density at radius 3 is 2.72 bits per heavy atom. The second kappa shape index (κ2) is 5.52. The summed E-state index contributed by atoms with van der Waals surface area (Å²) < 4.78 is 13.5. The summed E-state index contributed by atoms with van der Waals surface area (Å²) in [5.41, 5.74) is 1.61. The molecule has 0 heterocycles. The number of hydrogen-bond acceptors (Lipinski definition) is 2. The number of benzene rings is 2. The predicted octanol–water partition coefficient (Wildman–Crippen LogP) is 3.96. The van der Waals surface area contributed by atoms with Crippen LogP contribution in [-0.4, -0.2) is 0 Å². The van der Waals surface area contributed by atoms with Gasteiger partial charge in [0.15, 0.2) is 0 Å². The summed E-state index contributed by atoms with van der Waals surface area (Å²) in [5, 5.41) is 12.4. The van der Waals surface area contributed by atoms with Gasteiger partial charge in [-0.1, -0.05) is 23.7 Å². The van der Waals surface area contributed by atoms with Crippen molar-refractivity contribution in [3.05, 3.63) is 64.4 Å². The zero-order valence-electron chi connectivity index (χ0n) is 9.45. The minimum atomic E-state index is -0.339. The Morgan fingerprint density at radius 2 is 2.00 bits per heavy atom. The van der Waals surface area contributed by atoms with Crippen molar-refractivity contribution in [2.45, 2.75) is 6.54 Å². The number of rotatable bonds is 3. The molecule has 0 saturated carbocycles. The molecule has 0 saturated heterocycles. The molecule has 2 rings (SSSR count). The summed E-state index contributed by atoms with van der Waals surface area (Å²) >= 11 is 5.98. The van der Waals surface area contributed by atoms with Gasteiger partial charge >= 0.3 is 0 Å². The summed E-state index contributed by atoms with van der Waals surface area (Å²) in [4.78, 5) is 0. The SMILES string of the molecule is N#Cc1ccc(F)c(CNc2ccccc2Cl)c1. The van der Waals surface area contributed by atoms with Crippen molar-refractivity contribution in [3.8, 4) is 6.07 Å². The van der Waals surface area contributed by atoms with E-state index in [0.29, 0.717) is 16.1 Å². The lowest BCUT2D eigenvalue weighted by Crippen LogP contribution is -2.02. The number of nitrogens with zero attached hydrogens (tertiary/aromatic N) is 1. The van der Waals surface area contributed by atoms with E-state index in [1.165, 1.54) is 18.2 Å². The predicted molar refractivity (Wildman–Crippen MR) is 69.9 cm³/mol. The van der Waals surface area contributed by atoms with Gasteiger partial charge in [-0.2, -0.15) is 5.26 Å². The molecule has 0 fully saturated rings. The van der Waals surface area contributed by atoms with Crippen molar-refractivity contribution in [2.75, 3.05) is 5.32 Å². The van der Waals surface area contributed by atoms with E-state index in [-0.39, 0.29) is 12.4 Å². The number of hydrogen-bond donors (Lipinski definition) is 1.